The number of carbonyl (C=O) groups excluding carboxylic acids is 2. The zero-order valence-corrected chi connectivity index (χ0v) is 14.7. The maximum atomic E-state index is 12.6. The lowest BCUT2D eigenvalue weighted by atomic mass is 9.90. The maximum absolute atomic E-state index is 12.6. The molecule has 0 aliphatic rings. The highest BCUT2D eigenvalue weighted by molar-refractivity contribution is 6.04. The number of rotatable bonds is 10. The zero-order chi connectivity index (χ0) is 16.5. The van der Waals surface area contributed by atoms with Crippen molar-refractivity contribution >= 4 is 11.8 Å². The molecule has 0 saturated carbocycles. The molecule has 0 unspecified atom stereocenters. The summed E-state index contributed by atoms with van der Waals surface area (Å²) in [5, 5.41) is 2.89. The second kappa shape index (κ2) is 9.77. The summed E-state index contributed by atoms with van der Waals surface area (Å²) in [4.78, 5) is 28.8. The van der Waals surface area contributed by atoms with E-state index < -0.39 is 5.41 Å². The number of amides is 2. The van der Waals surface area contributed by atoms with Crippen LogP contribution < -0.4 is 5.32 Å². The molecular weight excluding hydrogens is 266 g/mol. The molecule has 0 fully saturated rings. The first-order chi connectivity index (χ1) is 9.77. The molecule has 5 heteroatoms. The van der Waals surface area contributed by atoms with E-state index in [-0.39, 0.29) is 11.8 Å². The minimum atomic E-state index is -0.998. The van der Waals surface area contributed by atoms with Gasteiger partial charge in [0.1, 0.15) is 5.41 Å². The molecule has 0 rings (SSSR count). The topological polar surface area (TPSA) is 52.7 Å². The first-order valence-electron chi connectivity index (χ1n) is 7.99. The van der Waals surface area contributed by atoms with Crippen LogP contribution in [0.25, 0.3) is 0 Å². The summed E-state index contributed by atoms with van der Waals surface area (Å²) in [6.07, 6.45) is 2.70. The maximum Gasteiger partial charge on any atom is 0.237 e. The van der Waals surface area contributed by atoms with E-state index in [0.717, 1.165) is 25.8 Å². The normalized spacial score (nSPS) is 11.6. The van der Waals surface area contributed by atoms with Gasteiger partial charge >= 0.3 is 0 Å². The van der Waals surface area contributed by atoms with Gasteiger partial charge in [0.25, 0.3) is 0 Å². The minimum Gasteiger partial charge on any atom is -0.355 e. The Labute approximate surface area is 130 Å². The summed E-state index contributed by atoms with van der Waals surface area (Å²) in [7, 11) is 4.01. The number of carbonyl (C=O) groups is 2. The minimum absolute atomic E-state index is 0.0729. The van der Waals surface area contributed by atoms with E-state index in [1.54, 1.807) is 18.7 Å². The van der Waals surface area contributed by atoms with E-state index in [1.807, 2.05) is 27.9 Å². The molecule has 0 aliphatic carbocycles. The highest BCUT2D eigenvalue weighted by Crippen LogP contribution is 2.20. The third-order valence-corrected chi connectivity index (χ3v) is 3.44. The van der Waals surface area contributed by atoms with E-state index in [0.29, 0.717) is 19.6 Å². The van der Waals surface area contributed by atoms with Crippen LogP contribution in [0, 0.1) is 5.41 Å². The van der Waals surface area contributed by atoms with Crippen molar-refractivity contribution in [3.05, 3.63) is 0 Å². The van der Waals surface area contributed by atoms with Crippen LogP contribution in [0.3, 0.4) is 0 Å². The highest BCUT2D eigenvalue weighted by Gasteiger charge is 2.38. The molecule has 0 radical (unpaired) electrons. The Kier molecular flexibility index (Phi) is 9.26. The van der Waals surface area contributed by atoms with Gasteiger partial charge in [-0.3, -0.25) is 9.59 Å². The van der Waals surface area contributed by atoms with Gasteiger partial charge in [-0.15, -0.1) is 0 Å². The molecule has 124 valence electrons. The van der Waals surface area contributed by atoms with Gasteiger partial charge in [0.15, 0.2) is 0 Å². The standard InChI is InChI=1S/C16H33N3O2/c1-7-11-19(12-8-2)15(21)16(3,4)14(20)17-10-9-13-18(5)6/h7-13H2,1-6H3,(H,17,20). The first-order valence-corrected chi connectivity index (χ1v) is 7.99. The van der Waals surface area contributed by atoms with Crippen molar-refractivity contribution in [3.8, 4) is 0 Å². The molecule has 1 N–H and O–H groups in total. The average Bonchev–Trinajstić information content (AvgIpc) is 2.41. The molecule has 0 spiro atoms. The van der Waals surface area contributed by atoms with Crippen LogP contribution in [-0.2, 0) is 9.59 Å². The SMILES string of the molecule is CCCN(CCC)C(=O)C(C)(C)C(=O)NCCCN(C)C. The molecular formula is C16H33N3O2. The molecule has 0 heterocycles. The summed E-state index contributed by atoms with van der Waals surface area (Å²) in [6.45, 7) is 10.5. The van der Waals surface area contributed by atoms with Crippen molar-refractivity contribution in [2.45, 2.75) is 47.0 Å². The van der Waals surface area contributed by atoms with Gasteiger partial charge < -0.3 is 15.1 Å². The third kappa shape index (κ3) is 6.93. The van der Waals surface area contributed by atoms with Crippen molar-refractivity contribution in [3.63, 3.8) is 0 Å². The largest absolute Gasteiger partial charge is 0.355 e. The Bertz CT molecular complexity index is 321. The second-order valence-electron chi connectivity index (χ2n) is 6.33. The van der Waals surface area contributed by atoms with Gasteiger partial charge in [0.05, 0.1) is 0 Å². The Morgan fingerprint density at radius 2 is 1.52 bits per heavy atom. The summed E-state index contributed by atoms with van der Waals surface area (Å²) >= 11 is 0. The van der Waals surface area contributed by atoms with E-state index in [1.165, 1.54) is 0 Å². The summed E-state index contributed by atoms with van der Waals surface area (Å²) in [5.41, 5.74) is -0.998. The third-order valence-electron chi connectivity index (χ3n) is 3.44. The summed E-state index contributed by atoms with van der Waals surface area (Å²) in [6, 6.07) is 0. The van der Waals surface area contributed by atoms with Crippen LogP contribution in [0.4, 0.5) is 0 Å². The van der Waals surface area contributed by atoms with Gasteiger partial charge in [-0.2, -0.15) is 0 Å². The van der Waals surface area contributed by atoms with E-state index in [9.17, 15) is 9.59 Å². The van der Waals surface area contributed by atoms with Crippen molar-refractivity contribution < 1.29 is 9.59 Å². The van der Waals surface area contributed by atoms with Crippen LogP contribution in [0.1, 0.15) is 47.0 Å². The van der Waals surface area contributed by atoms with Crippen LogP contribution in [-0.4, -0.2) is 61.9 Å². The molecule has 0 aliphatic heterocycles. The Morgan fingerprint density at radius 1 is 1.00 bits per heavy atom. The molecule has 0 aromatic rings. The molecule has 21 heavy (non-hydrogen) atoms. The smallest absolute Gasteiger partial charge is 0.237 e. The summed E-state index contributed by atoms with van der Waals surface area (Å²) in [5.74, 6) is -0.250. The van der Waals surface area contributed by atoms with Crippen molar-refractivity contribution in [1.82, 2.24) is 15.1 Å². The molecule has 0 saturated heterocycles. The van der Waals surface area contributed by atoms with Crippen LogP contribution in [0.15, 0.2) is 0 Å². The first kappa shape index (κ1) is 19.9. The predicted octanol–water partition coefficient (Wildman–Crippen LogP) is 1.73. The fraction of sp³-hybridized carbons (Fsp3) is 0.875. The van der Waals surface area contributed by atoms with Gasteiger partial charge in [-0.05, 0) is 53.8 Å². The molecule has 5 nitrogen and oxygen atoms in total. The molecule has 0 aromatic carbocycles. The van der Waals surface area contributed by atoms with E-state index >= 15 is 0 Å². The lowest BCUT2D eigenvalue weighted by molar-refractivity contribution is -0.148. The monoisotopic (exact) mass is 299 g/mol. The van der Waals surface area contributed by atoms with Crippen molar-refractivity contribution in [2.75, 3.05) is 40.3 Å². The van der Waals surface area contributed by atoms with E-state index in [2.05, 4.69) is 10.2 Å². The lowest BCUT2D eigenvalue weighted by Crippen LogP contribution is -2.50. The number of nitrogens with zero attached hydrogens (tertiary/aromatic N) is 2. The molecule has 0 aromatic heterocycles. The fourth-order valence-corrected chi connectivity index (χ4v) is 2.17. The number of nitrogens with one attached hydrogen (secondary N) is 1. The van der Waals surface area contributed by atoms with Gasteiger partial charge in [-0.25, -0.2) is 0 Å². The number of hydrogen-bond acceptors (Lipinski definition) is 3. The average molecular weight is 299 g/mol. The summed E-state index contributed by atoms with van der Waals surface area (Å²) < 4.78 is 0. The zero-order valence-electron chi connectivity index (χ0n) is 14.7. The van der Waals surface area contributed by atoms with Crippen LogP contribution in [0.5, 0.6) is 0 Å². The Balaban J connectivity index is 4.53. The van der Waals surface area contributed by atoms with Gasteiger partial charge in [0.2, 0.25) is 11.8 Å². The second-order valence-corrected chi connectivity index (χ2v) is 6.33. The fourth-order valence-electron chi connectivity index (χ4n) is 2.17. The molecule has 0 bridgehead atoms. The van der Waals surface area contributed by atoms with Crippen LogP contribution in [0.2, 0.25) is 0 Å². The van der Waals surface area contributed by atoms with Crippen molar-refractivity contribution in [2.24, 2.45) is 5.41 Å². The van der Waals surface area contributed by atoms with E-state index in [4.69, 9.17) is 0 Å². The predicted molar refractivity (Wildman–Crippen MR) is 87.1 cm³/mol. The van der Waals surface area contributed by atoms with Crippen LogP contribution >= 0.6 is 0 Å². The molecule has 2 amide bonds. The number of hydrogen-bond donors (Lipinski definition) is 1. The Morgan fingerprint density at radius 3 is 1.95 bits per heavy atom. The van der Waals surface area contributed by atoms with Crippen molar-refractivity contribution in [1.29, 1.82) is 0 Å². The Hall–Kier alpha value is -1.10. The lowest BCUT2D eigenvalue weighted by Gasteiger charge is -2.30. The van der Waals surface area contributed by atoms with Gasteiger partial charge in [0, 0.05) is 19.6 Å². The molecule has 0 atom stereocenters. The van der Waals surface area contributed by atoms with Gasteiger partial charge in [-0.1, -0.05) is 13.8 Å². The quantitative estimate of drug-likeness (QED) is 0.494. The highest BCUT2D eigenvalue weighted by atomic mass is 16.2.